The largest absolute Gasteiger partial charge is 0.484 e. The Balaban J connectivity index is 1.67. The minimum atomic E-state index is -0.461. The molecule has 29 heavy (non-hydrogen) atoms. The van der Waals surface area contributed by atoms with Gasteiger partial charge in [0.2, 0.25) is 0 Å². The molecule has 3 rings (SSSR count). The molecule has 0 radical (unpaired) electrons. The molecule has 3 aromatic rings. The Bertz CT molecular complexity index is 1110. The summed E-state index contributed by atoms with van der Waals surface area (Å²) in [6.07, 6.45) is 0. The van der Waals surface area contributed by atoms with Crippen molar-refractivity contribution in [3.8, 4) is 5.75 Å². The lowest BCUT2D eigenvalue weighted by molar-refractivity contribution is -0.118. The van der Waals surface area contributed by atoms with Crippen LogP contribution < -0.4 is 21.0 Å². The Morgan fingerprint density at radius 1 is 1.03 bits per heavy atom. The van der Waals surface area contributed by atoms with Crippen LogP contribution in [-0.2, 0) is 4.79 Å². The lowest BCUT2D eigenvalue weighted by Gasteiger charge is -2.21. The van der Waals surface area contributed by atoms with Crippen LogP contribution in [0.4, 0.5) is 5.69 Å². The molecule has 1 aromatic heterocycles. The molecule has 150 valence electrons. The van der Waals surface area contributed by atoms with Crippen LogP contribution in [0.5, 0.6) is 5.75 Å². The number of fused-ring (bicyclic) bond motifs is 1. The predicted octanol–water partition coefficient (Wildman–Crippen LogP) is 3.34. The molecule has 0 unspecified atom stereocenters. The highest BCUT2D eigenvalue weighted by molar-refractivity contribution is 6.04. The fourth-order valence-electron chi connectivity index (χ4n) is 2.66. The van der Waals surface area contributed by atoms with E-state index >= 15 is 0 Å². The topological polar surface area (TPSA) is 97.6 Å². The van der Waals surface area contributed by atoms with Crippen LogP contribution in [-0.4, -0.2) is 24.0 Å². The number of benzene rings is 2. The van der Waals surface area contributed by atoms with Crippen LogP contribution in [0.2, 0.25) is 0 Å². The maximum atomic E-state index is 12.5. The molecule has 0 aliphatic heterocycles. The van der Waals surface area contributed by atoms with E-state index in [2.05, 4.69) is 10.6 Å². The number of amides is 2. The minimum absolute atomic E-state index is 0.266. The summed E-state index contributed by atoms with van der Waals surface area (Å²) in [5.74, 6) is -0.310. The summed E-state index contributed by atoms with van der Waals surface area (Å²) in [6, 6.07) is 14.7. The van der Waals surface area contributed by atoms with Crippen LogP contribution in [0.15, 0.2) is 63.8 Å². The van der Waals surface area contributed by atoms with E-state index in [0.29, 0.717) is 22.6 Å². The molecule has 7 heteroatoms. The fraction of sp³-hybridized carbons (Fsp3) is 0.227. The predicted molar refractivity (Wildman–Crippen MR) is 110 cm³/mol. The van der Waals surface area contributed by atoms with Crippen LogP contribution in [0.3, 0.4) is 0 Å². The van der Waals surface area contributed by atoms with E-state index < -0.39 is 17.1 Å². The van der Waals surface area contributed by atoms with Crippen molar-refractivity contribution in [3.05, 3.63) is 70.6 Å². The number of rotatable bonds is 5. The zero-order chi connectivity index (χ0) is 21.0. The van der Waals surface area contributed by atoms with Gasteiger partial charge in [-0.05, 0) is 51.1 Å². The molecule has 2 amide bonds. The van der Waals surface area contributed by atoms with Crippen molar-refractivity contribution in [2.75, 3.05) is 11.9 Å². The van der Waals surface area contributed by atoms with Crippen molar-refractivity contribution in [2.45, 2.75) is 26.3 Å². The lowest BCUT2D eigenvalue weighted by Crippen LogP contribution is -2.41. The molecule has 0 spiro atoms. The van der Waals surface area contributed by atoms with Crippen LogP contribution in [0.1, 0.15) is 31.1 Å². The fourth-order valence-corrected chi connectivity index (χ4v) is 2.66. The van der Waals surface area contributed by atoms with Gasteiger partial charge in [-0.15, -0.1) is 0 Å². The van der Waals surface area contributed by atoms with Crippen molar-refractivity contribution < 1.29 is 18.7 Å². The second-order valence-corrected chi connectivity index (χ2v) is 7.54. The standard InChI is InChI=1S/C22H22N2O5/c1-22(2,3)24-21(27)16-6-4-5-7-17(16)23-19(25)13-28-15-10-8-14-9-11-20(26)29-18(14)12-15/h4-12H,13H2,1-3H3,(H,23,25)(H,24,27). The first kappa shape index (κ1) is 20.1. The van der Waals surface area contributed by atoms with Crippen LogP contribution >= 0.6 is 0 Å². The van der Waals surface area contributed by atoms with Crippen molar-refractivity contribution in [1.82, 2.24) is 5.32 Å². The molecular formula is C22H22N2O5. The van der Waals surface area contributed by atoms with E-state index in [9.17, 15) is 14.4 Å². The average Bonchev–Trinajstić information content (AvgIpc) is 2.65. The zero-order valence-electron chi connectivity index (χ0n) is 16.4. The number of anilines is 1. The van der Waals surface area contributed by atoms with Crippen LogP contribution in [0, 0.1) is 0 Å². The van der Waals surface area contributed by atoms with Gasteiger partial charge in [0.05, 0.1) is 11.3 Å². The molecule has 0 atom stereocenters. The van der Waals surface area contributed by atoms with Gasteiger partial charge in [0.25, 0.3) is 11.8 Å². The molecule has 0 fully saturated rings. The normalized spacial score (nSPS) is 11.1. The maximum absolute atomic E-state index is 12.5. The summed E-state index contributed by atoms with van der Waals surface area (Å²) in [6.45, 7) is 5.38. The molecule has 2 aromatic carbocycles. The number of carbonyl (C=O) groups excluding carboxylic acids is 2. The third kappa shape index (κ3) is 5.44. The molecule has 0 aliphatic rings. The Kier molecular flexibility index (Phi) is 5.68. The number of nitrogens with one attached hydrogen (secondary N) is 2. The van der Waals surface area contributed by atoms with Gasteiger partial charge >= 0.3 is 5.63 Å². The summed E-state index contributed by atoms with van der Waals surface area (Å²) >= 11 is 0. The van der Waals surface area contributed by atoms with Gasteiger partial charge < -0.3 is 19.8 Å². The van der Waals surface area contributed by atoms with Gasteiger partial charge in [0.15, 0.2) is 6.61 Å². The number of hydrogen-bond donors (Lipinski definition) is 2. The maximum Gasteiger partial charge on any atom is 0.336 e. The third-order valence-corrected chi connectivity index (χ3v) is 3.90. The van der Waals surface area contributed by atoms with E-state index in [0.717, 1.165) is 5.39 Å². The second kappa shape index (κ2) is 8.18. The molecule has 0 bridgehead atoms. The molecule has 0 saturated carbocycles. The van der Waals surface area contributed by atoms with E-state index in [1.54, 1.807) is 48.5 Å². The zero-order valence-corrected chi connectivity index (χ0v) is 16.4. The number of para-hydroxylation sites is 1. The molecular weight excluding hydrogens is 372 g/mol. The van der Waals surface area contributed by atoms with Gasteiger partial charge in [-0.2, -0.15) is 0 Å². The Morgan fingerprint density at radius 2 is 1.76 bits per heavy atom. The molecule has 0 aliphatic carbocycles. The van der Waals surface area contributed by atoms with Gasteiger partial charge in [-0.3, -0.25) is 9.59 Å². The highest BCUT2D eigenvalue weighted by Gasteiger charge is 2.18. The summed E-state index contributed by atoms with van der Waals surface area (Å²) in [4.78, 5) is 36.1. The van der Waals surface area contributed by atoms with E-state index in [4.69, 9.17) is 9.15 Å². The summed E-state index contributed by atoms with van der Waals surface area (Å²) < 4.78 is 10.6. The second-order valence-electron chi connectivity index (χ2n) is 7.54. The van der Waals surface area contributed by atoms with Gasteiger partial charge in [-0.1, -0.05) is 12.1 Å². The number of carbonyl (C=O) groups is 2. The average molecular weight is 394 g/mol. The summed E-state index contributed by atoms with van der Waals surface area (Å²) in [7, 11) is 0. The van der Waals surface area contributed by atoms with Crippen molar-refractivity contribution in [3.63, 3.8) is 0 Å². The van der Waals surface area contributed by atoms with E-state index in [1.165, 1.54) is 6.07 Å². The monoisotopic (exact) mass is 394 g/mol. The highest BCUT2D eigenvalue weighted by Crippen LogP contribution is 2.20. The van der Waals surface area contributed by atoms with Gasteiger partial charge in [0, 0.05) is 23.1 Å². The van der Waals surface area contributed by atoms with Gasteiger partial charge in [0.1, 0.15) is 11.3 Å². The Labute approximate surface area is 167 Å². The number of ether oxygens (including phenoxy) is 1. The van der Waals surface area contributed by atoms with Crippen LogP contribution in [0.25, 0.3) is 11.0 Å². The van der Waals surface area contributed by atoms with E-state index in [1.807, 2.05) is 20.8 Å². The molecule has 0 saturated heterocycles. The Morgan fingerprint density at radius 3 is 2.52 bits per heavy atom. The third-order valence-electron chi connectivity index (χ3n) is 3.90. The summed E-state index contributed by atoms with van der Waals surface area (Å²) in [5, 5.41) is 6.32. The minimum Gasteiger partial charge on any atom is -0.484 e. The van der Waals surface area contributed by atoms with Crippen molar-refractivity contribution >= 4 is 28.5 Å². The smallest absolute Gasteiger partial charge is 0.336 e. The number of hydrogen-bond acceptors (Lipinski definition) is 5. The van der Waals surface area contributed by atoms with Crippen molar-refractivity contribution in [2.24, 2.45) is 0 Å². The quantitative estimate of drug-likeness (QED) is 0.647. The first-order valence-corrected chi connectivity index (χ1v) is 9.09. The Hall–Kier alpha value is -3.61. The first-order chi connectivity index (χ1) is 13.7. The summed E-state index contributed by atoms with van der Waals surface area (Å²) in [5.41, 5.74) is 0.273. The first-order valence-electron chi connectivity index (χ1n) is 9.09. The highest BCUT2D eigenvalue weighted by atomic mass is 16.5. The molecule has 7 nitrogen and oxygen atoms in total. The van der Waals surface area contributed by atoms with Gasteiger partial charge in [-0.25, -0.2) is 4.79 Å². The van der Waals surface area contributed by atoms with E-state index in [-0.39, 0.29) is 12.5 Å². The molecule has 1 heterocycles. The lowest BCUT2D eigenvalue weighted by atomic mass is 10.1. The van der Waals surface area contributed by atoms with Crippen molar-refractivity contribution in [1.29, 1.82) is 0 Å². The molecule has 2 N–H and O–H groups in total. The SMILES string of the molecule is CC(C)(C)NC(=O)c1ccccc1NC(=O)COc1ccc2ccc(=O)oc2c1.